The molecule has 0 amide bonds. The quantitative estimate of drug-likeness (QED) is 0.707. The zero-order chi connectivity index (χ0) is 16.2. The first kappa shape index (κ1) is 16.0. The van der Waals surface area contributed by atoms with Crippen LogP contribution in [0.3, 0.4) is 0 Å². The monoisotopic (exact) mass is 330 g/mol. The number of benzene rings is 2. The van der Waals surface area contributed by atoms with E-state index in [4.69, 9.17) is 11.6 Å². The standard InChI is InChI=1S/C19H20ClFN2/c1-22-10-8-15-13-23(19-7-4-16(20)12-18(15)19)11-9-14-2-5-17(21)6-3-14/h2-7,12-13,22H,8-11H2,1H3. The minimum atomic E-state index is -0.191. The van der Waals surface area contributed by atoms with Crippen LogP contribution in [0, 0.1) is 5.82 Å². The van der Waals surface area contributed by atoms with Gasteiger partial charge >= 0.3 is 0 Å². The molecule has 2 aromatic carbocycles. The first-order valence-corrected chi connectivity index (χ1v) is 8.21. The van der Waals surface area contributed by atoms with Gasteiger partial charge in [-0.1, -0.05) is 23.7 Å². The number of nitrogens with one attached hydrogen (secondary N) is 1. The molecule has 0 aliphatic carbocycles. The van der Waals surface area contributed by atoms with E-state index in [2.05, 4.69) is 22.1 Å². The molecule has 120 valence electrons. The zero-order valence-corrected chi connectivity index (χ0v) is 13.9. The molecular weight excluding hydrogens is 311 g/mol. The van der Waals surface area contributed by atoms with Gasteiger partial charge in [0.2, 0.25) is 0 Å². The number of aryl methyl sites for hydroxylation is 2. The van der Waals surface area contributed by atoms with Crippen LogP contribution in [0.25, 0.3) is 10.9 Å². The Labute approximate surface area is 140 Å². The molecular formula is C19H20ClFN2. The average molecular weight is 331 g/mol. The molecule has 3 rings (SSSR count). The van der Waals surface area contributed by atoms with Crippen molar-refractivity contribution in [1.82, 2.24) is 9.88 Å². The van der Waals surface area contributed by atoms with Crippen LogP contribution in [-0.2, 0) is 19.4 Å². The summed E-state index contributed by atoms with van der Waals surface area (Å²) in [6.45, 7) is 1.80. The van der Waals surface area contributed by atoms with E-state index in [9.17, 15) is 4.39 Å². The van der Waals surface area contributed by atoms with Gasteiger partial charge in [0, 0.05) is 28.7 Å². The number of hydrogen-bond acceptors (Lipinski definition) is 1. The summed E-state index contributed by atoms with van der Waals surface area (Å²) in [5, 5.41) is 5.17. The van der Waals surface area contributed by atoms with Crippen LogP contribution in [0.5, 0.6) is 0 Å². The summed E-state index contributed by atoms with van der Waals surface area (Å²) in [7, 11) is 1.96. The van der Waals surface area contributed by atoms with Gasteiger partial charge in [-0.2, -0.15) is 0 Å². The van der Waals surface area contributed by atoms with Gasteiger partial charge in [0.25, 0.3) is 0 Å². The Hall–Kier alpha value is -1.84. The summed E-state index contributed by atoms with van der Waals surface area (Å²) in [6.07, 6.45) is 4.05. The summed E-state index contributed by atoms with van der Waals surface area (Å²) in [4.78, 5) is 0. The third kappa shape index (κ3) is 3.74. The first-order chi connectivity index (χ1) is 11.2. The molecule has 0 radical (unpaired) electrons. The molecule has 2 nitrogen and oxygen atoms in total. The second kappa shape index (κ2) is 7.16. The highest BCUT2D eigenvalue weighted by Gasteiger charge is 2.09. The predicted octanol–water partition coefficient (Wildman–Crippen LogP) is 4.44. The summed E-state index contributed by atoms with van der Waals surface area (Å²) in [6, 6.07) is 12.8. The molecule has 1 heterocycles. The molecule has 1 aromatic heterocycles. The van der Waals surface area contributed by atoms with Gasteiger partial charge < -0.3 is 9.88 Å². The van der Waals surface area contributed by atoms with Gasteiger partial charge in [0.15, 0.2) is 0 Å². The molecule has 0 bridgehead atoms. The van der Waals surface area contributed by atoms with Crippen LogP contribution >= 0.6 is 11.6 Å². The molecule has 23 heavy (non-hydrogen) atoms. The van der Waals surface area contributed by atoms with Gasteiger partial charge in [0.05, 0.1) is 0 Å². The van der Waals surface area contributed by atoms with Crippen LogP contribution in [0.1, 0.15) is 11.1 Å². The molecule has 0 unspecified atom stereocenters. The van der Waals surface area contributed by atoms with Crippen molar-refractivity contribution in [3.8, 4) is 0 Å². The highest BCUT2D eigenvalue weighted by Crippen LogP contribution is 2.25. The molecule has 0 aliphatic heterocycles. The van der Waals surface area contributed by atoms with Gasteiger partial charge in [-0.3, -0.25) is 0 Å². The van der Waals surface area contributed by atoms with Gasteiger partial charge in [0.1, 0.15) is 5.82 Å². The van der Waals surface area contributed by atoms with Crippen LogP contribution < -0.4 is 5.32 Å². The number of rotatable bonds is 6. The van der Waals surface area contributed by atoms with E-state index in [-0.39, 0.29) is 5.82 Å². The smallest absolute Gasteiger partial charge is 0.123 e. The van der Waals surface area contributed by atoms with Crippen LogP contribution in [0.2, 0.25) is 5.02 Å². The van der Waals surface area contributed by atoms with Crippen molar-refractivity contribution in [3.63, 3.8) is 0 Å². The lowest BCUT2D eigenvalue weighted by molar-refractivity contribution is 0.626. The van der Waals surface area contributed by atoms with Gasteiger partial charge in [-0.15, -0.1) is 0 Å². The maximum absolute atomic E-state index is 13.0. The van der Waals surface area contributed by atoms with Crippen molar-refractivity contribution in [2.24, 2.45) is 0 Å². The van der Waals surface area contributed by atoms with Crippen LogP contribution in [0.15, 0.2) is 48.7 Å². The molecule has 3 aromatic rings. The fraction of sp³-hybridized carbons (Fsp3) is 0.263. The number of hydrogen-bond donors (Lipinski definition) is 1. The highest BCUT2D eigenvalue weighted by molar-refractivity contribution is 6.31. The SMILES string of the molecule is CNCCc1cn(CCc2ccc(F)cc2)c2ccc(Cl)cc12. The molecule has 0 saturated heterocycles. The topological polar surface area (TPSA) is 17.0 Å². The maximum Gasteiger partial charge on any atom is 0.123 e. The normalized spacial score (nSPS) is 11.3. The number of aromatic nitrogens is 1. The molecule has 0 saturated carbocycles. The summed E-state index contributed by atoms with van der Waals surface area (Å²) in [5.41, 5.74) is 3.64. The van der Waals surface area contributed by atoms with Crippen molar-refractivity contribution in [3.05, 3.63) is 70.6 Å². The van der Waals surface area contributed by atoms with E-state index >= 15 is 0 Å². The Bertz CT molecular complexity index is 793. The maximum atomic E-state index is 13.0. The van der Waals surface area contributed by atoms with E-state index in [1.54, 1.807) is 0 Å². The fourth-order valence-electron chi connectivity index (χ4n) is 2.89. The first-order valence-electron chi connectivity index (χ1n) is 7.83. The summed E-state index contributed by atoms with van der Waals surface area (Å²) < 4.78 is 15.3. The number of nitrogens with zero attached hydrogens (tertiary/aromatic N) is 1. The number of halogens is 2. The Balaban J connectivity index is 1.86. The molecule has 0 spiro atoms. The number of fused-ring (bicyclic) bond motifs is 1. The Morgan fingerprint density at radius 2 is 1.87 bits per heavy atom. The van der Waals surface area contributed by atoms with Crippen LogP contribution in [-0.4, -0.2) is 18.2 Å². The number of likely N-dealkylation sites (N-methyl/N-ethyl adjacent to an activating group) is 1. The minimum absolute atomic E-state index is 0.191. The largest absolute Gasteiger partial charge is 0.347 e. The molecule has 4 heteroatoms. The van der Waals surface area contributed by atoms with Crippen molar-refractivity contribution >= 4 is 22.5 Å². The molecule has 0 aliphatic rings. The lowest BCUT2D eigenvalue weighted by Crippen LogP contribution is -2.10. The average Bonchev–Trinajstić information content (AvgIpc) is 2.89. The Kier molecular flexibility index (Phi) is 4.99. The van der Waals surface area contributed by atoms with Crippen molar-refractivity contribution in [1.29, 1.82) is 0 Å². The van der Waals surface area contributed by atoms with Crippen molar-refractivity contribution in [2.45, 2.75) is 19.4 Å². The summed E-state index contributed by atoms with van der Waals surface area (Å²) in [5.74, 6) is -0.191. The lowest BCUT2D eigenvalue weighted by Gasteiger charge is -2.06. The van der Waals surface area contributed by atoms with Crippen LogP contribution in [0.4, 0.5) is 4.39 Å². The fourth-order valence-corrected chi connectivity index (χ4v) is 3.06. The summed E-state index contributed by atoms with van der Waals surface area (Å²) >= 11 is 6.16. The molecule has 0 fully saturated rings. The molecule has 0 atom stereocenters. The second-order valence-corrected chi connectivity index (χ2v) is 6.18. The Morgan fingerprint density at radius 3 is 2.61 bits per heavy atom. The van der Waals surface area contributed by atoms with Crippen molar-refractivity contribution < 1.29 is 4.39 Å². The van der Waals surface area contributed by atoms with E-state index in [0.717, 1.165) is 36.5 Å². The highest BCUT2D eigenvalue weighted by atomic mass is 35.5. The Morgan fingerprint density at radius 1 is 1.09 bits per heavy atom. The predicted molar refractivity (Wildman–Crippen MR) is 94.7 cm³/mol. The second-order valence-electron chi connectivity index (χ2n) is 5.74. The van der Waals surface area contributed by atoms with Gasteiger partial charge in [-0.25, -0.2) is 4.39 Å². The van der Waals surface area contributed by atoms with E-state index < -0.39 is 0 Å². The van der Waals surface area contributed by atoms with E-state index in [1.807, 2.05) is 31.3 Å². The molecule has 1 N–H and O–H groups in total. The third-order valence-electron chi connectivity index (χ3n) is 4.12. The zero-order valence-electron chi connectivity index (χ0n) is 13.2. The lowest BCUT2D eigenvalue weighted by atomic mass is 10.1. The van der Waals surface area contributed by atoms with E-state index in [0.29, 0.717) is 0 Å². The minimum Gasteiger partial charge on any atom is -0.347 e. The third-order valence-corrected chi connectivity index (χ3v) is 4.36. The van der Waals surface area contributed by atoms with Crippen molar-refractivity contribution in [2.75, 3.05) is 13.6 Å². The van der Waals surface area contributed by atoms with Gasteiger partial charge in [-0.05, 0) is 67.9 Å². The van der Waals surface area contributed by atoms with E-state index in [1.165, 1.54) is 28.6 Å².